The highest BCUT2D eigenvalue weighted by molar-refractivity contribution is 7.52. The van der Waals surface area contributed by atoms with Crippen molar-refractivity contribution >= 4 is 13.7 Å². The molecule has 9 heteroatoms. The molecule has 1 aliphatic rings. The van der Waals surface area contributed by atoms with Crippen LogP contribution in [-0.2, 0) is 28.1 Å². The van der Waals surface area contributed by atoms with E-state index in [9.17, 15) is 9.36 Å². The van der Waals surface area contributed by atoms with Gasteiger partial charge < -0.3 is 18.7 Å². The predicted octanol–water partition coefficient (Wildman–Crippen LogP) is 2.88. The number of ether oxygens (including phenoxy) is 3. The summed E-state index contributed by atoms with van der Waals surface area (Å²) in [5.41, 5.74) is 0. The van der Waals surface area contributed by atoms with Crippen molar-refractivity contribution < 1.29 is 32.6 Å². The van der Waals surface area contributed by atoms with E-state index in [0.717, 1.165) is 0 Å². The summed E-state index contributed by atoms with van der Waals surface area (Å²) in [5, 5.41) is 2.62. The molecule has 2 rings (SSSR count). The second kappa shape index (κ2) is 10.0. The van der Waals surface area contributed by atoms with Gasteiger partial charge in [0.2, 0.25) is 0 Å². The molecule has 1 aliphatic heterocycles. The zero-order valence-electron chi connectivity index (χ0n) is 15.3. The van der Waals surface area contributed by atoms with Crippen LogP contribution in [0.15, 0.2) is 30.3 Å². The first-order valence-electron chi connectivity index (χ1n) is 8.62. The molecule has 1 heterocycles. The molecule has 26 heavy (non-hydrogen) atoms. The van der Waals surface area contributed by atoms with Gasteiger partial charge in [-0.2, -0.15) is 5.09 Å². The summed E-state index contributed by atoms with van der Waals surface area (Å²) < 4.78 is 39.9. The SMILES string of the molecule is CC[C@H](C)OC(=O)[C@H](C)NP(=O)(OCC1OCCO1)Oc1ccccc1. The summed E-state index contributed by atoms with van der Waals surface area (Å²) in [4.78, 5) is 12.1. The first kappa shape index (κ1) is 20.9. The van der Waals surface area contributed by atoms with Crippen LogP contribution in [0.1, 0.15) is 27.2 Å². The van der Waals surface area contributed by atoms with Crippen LogP contribution in [0.4, 0.5) is 0 Å². The Kier molecular flexibility index (Phi) is 8.06. The van der Waals surface area contributed by atoms with Crippen molar-refractivity contribution in [3.8, 4) is 5.75 Å². The first-order valence-corrected chi connectivity index (χ1v) is 10.2. The van der Waals surface area contributed by atoms with Gasteiger partial charge in [-0.3, -0.25) is 9.32 Å². The maximum atomic E-state index is 13.1. The highest BCUT2D eigenvalue weighted by atomic mass is 31.2. The Morgan fingerprint density at radius 1 is 1.27 bits per heavy atom. The number of esters is 1. The third-order valence-corrected chi connectivity index (χ3v) is 5.28. The van der Waals surface area contributed by atoms with Crippen LogP contribution >= 0.6 is 7.75 Å². The molecule has 1 aromatic rings. The molecule has 0 radical (unpaired) electrons. The first-order chi connectivity index (χ1) is 12.4. The average Bonchev–Trinajstić information content (AvgIpc) is 3.14. The van der Waals surface area contributed by atoms with Crippen LogP contribution in [0, 0.1) is 0 Å². The smallest absolute Gasteiger partial charge is 0.459 e. The van der Waals surface area contributed by atoms with E-state index in [4.69, 9.17) is 23.3 Å². The molecule has 0 amide bonds. The van der Waals surface area contributed by atoms with E-state index in [2.05, 4.69) is 5.09 Å². The molecule has 8 nitrogen and oxygen atoms in total. The van der Waals surface area contributed by atoms with Crippen molar-refractivity contribution in [2.75, 3.05) is 19.8 Å². The second-order valence-electron chi connectivity index (χ2n) is 5.88. The Morgan fingerprint density at radius 3 is 2.54 bits per heavy atom. The highest BCUT2D eigenvalue weighted by Gasteiger charge is 2.34. The Bertz CT molecular complexity index is 606. The van der Waals surface area contributed by atoms with Gasteiger partial charge in [-0.25, -0.2) is 4.57 Å². The van der Waals surface area contributed by atoms with Crippen molar-refractivity contribution in [1.82, 2.24) is 5.09 Å². The molecule has 1 unspecified atom stereocenters. The van der Waals surface area contributed by atoms with Gasteiger partial charge in [-0.15, -0.1) is 0 Å². The summed E-state index contributed by atoms with van der Waals surface area (Å²) in [6.07, 6.45) is -0.169. The standard InChI is InChI=1S/C17H26NO7P/c1-4-13(2)24-17(19)14(3)18-26(20,23-12-16-21-10-11-22-16)25-15-8-6-5-7-9-15/h5-9,13-14,16H,4,10-12H2,1-3H3,(H,18,20)/t13-,14-,26?/m0/s1. The van der Waals surface area contributed by atoms with Crippen LogP contribution in [0.3, 0.4) is 0 Å². The number of hydrogen-bond donors (Lipinski definition) is 1. The maximum Gasteiger partial charge on any atom is 0.459 e. The number of carbonyl (C=O) groups is 1. The third kappa shape index (κ3) is 6.70. The highest BCUT2D eigenvalue weighted by Crippen LogP contribution is 2.45. The molecule has 0 bridgehead atoms. The van der Waals surface area contributed by atoms with Crippen LogP contribution in [0.25, 0.3) is 0 Å². The van der Waals surface area contributed by atoms with Gasteiger partial charge in [0.1, 0.15) is 18.4 Å². The van der Waals surface area contributed by atoms with Crippen LogP contribution in [0.5, 0.6) is 5.75 Å². The van der Waals surface area contributed by atoms with E-state index >= 15 is 0 Å². The number of benzene rings is 1. The molecule has 0 spiro atoms. The van der Waals surface area contributed by atoms with Crippen LogP contribution in [0.2, 0.25) is 0 Å². The summed E-state index contributed by atoms with van der Waals surface area (Å²) >= 11 is 0. The van der Waals surface area contributed by atoms with E-state index in [-0.39, 0.29) is 12.7 Å². The molecule has 0 aromatic heterocycles. The van der Waals surface area contributed by atoms with E-state index in [1.165, 1.54) is 6.92 Å². The lowest BCUT2D eigenvalue weighted by Crippen LogP contribution is -2.37. The minimum absolute atomic E-state index is 0.0930. The van der Waals surface area contributed by atoms with Gasteiger partial charge >= 0.3 is 13.7 Å². The predicted molar refractivity (Wildman–Crippen MR) is 94.8 cm³/mol. The lowest BCUT2D eigenvalue weighted by atomic mass is 10.3. The van der Waals surface area contributed by atoms with Crippen LogP contribution in [-0.4, -0.2) is 44.2 Å². The molecule has 0 saturated carbocycles. The van der Waals surface area contributed by atoms with Crippen molar-refractivity contribution in [2.45, 2.75) is 45.6 Å². The normalized spacial score (nSPS) is 19.5. The fourth-order valence-electron chi connectivity index (χ4n) is 2.05. The topological polar surface area (TPSA) is 92.3 Å². The van der Waals surface area contributed by atoms with E-state index in [1.54, 1.807) is 37.3 Å². The number of carbonyl (C=O) groups excluding carboxylic acids is 1. The minimum Gasteiger partial charge on any atom is -0.462 e. The van der Waals surface area contributed by atoms with Gasteiger partial charge in [-0.1, -0.05) is 25.1 Å². The lowest BCUT2D eigenvalue weighted by Gasteiger charge is -2.24. The van der Waals surface area contributed by atoms with Crippen molar-refractivity contribution in [2.24, 2.45) is 0 Å². The molecule has 1 saturated heterocycles. The molecule has 1 fully saturated rings. The van der Waals surface area contributed by atoms with Gasteiger partial charge in [-0.05, 0) is 32.4 Å². The monoisotopic (exact) mass is 387 g/mol. The number of nitrogens with one attached hydrogen (secondary N) is 1. The number of hydrogen-bond acceptors (Lipinski definition) is 7. The maximum absolute atomic E-state index is 13.1. The Labute approximate surface area is 153 Å². The molecule has 146 valence electrons. The molecular formula is C17H26NO7P. The summed E-state index contributed by atoms with van der Waals surface area (Å²) in [5.74, 6) is -0.188. The fourth-order valence-corrected chi connectivity index (χ4v) is 3.52. The van der Waals surface area contributed by atoms with Crippen molar-refractivity contribution in [1.29, 1.82) is 0 Å². The minimum atomic E-state index is -3.87. The van der Waals surface area contributed by atoms with E-state index in [0.29, 0.717) is 25.4 Å². The molecule has 3 atom stereocenters. The lowest BCUT2D eigenvalue weighted by molar-refractivity contribution is -0.150. The quantitative estimate of drug-likeness (QED) is 0.484. The Balaban J connectivity index is 2.03. The molecule has 1 N–H and O–H groups in total. The fraction of sp³-hybridized carbons (Fsp3) is 0.588. The third-order valence-electron chi connectivity index (χ3n) is 3.64. The molecule has 1 aromatic carbocycles. The number of para-hydroxylation sites is 1. The Morgan fingerprint density at radius 2 is 1.92 bits per heavy atom. The van der Waals surface area contributed by atoms with Gasteiger partial charge in [0.05, 0.1) is 19.3 Å². The van der Waals surface area contributed by atoms with Gasteiger partial charge in [0, 0.05) is 0 Å². The molecule has 0 aliphatic carbocycles. The molecular weight excluding hydrogens is 361 g/mol. The average molecular weight is 387 g/mol. The zero-order chi connectivity index (χ0) is 19.0. The van der Waals surface area contributed by atoms with Crippen LogP contribution < -0.4 is 9.61 Å². The van der Waals surface area contributed by atoms with Gasteiger partial charge in [0.15, 0.2) is 6.29 Å². The van der Waals surface area contributed by atoms with E-state index < -0.39 is 26.0 Å². The summed E-state index contributed by atoms with van der Waals surface area (Å²) in [6.45, 7) is 6.04. The zero-order valence-corrected chi connectivity index (χ0v) is 16.1. The number of rotatable bonds is 10. The van der Waals surface area contributed by atoms with Gasteiger partial charge in [0.25, 0.3) is 0 Å². The van der Waals surface area contributed by atoms with Crippen molar-refractivity contribution in [3.05, 3.63) is 30.3 Å². The summed E-state index contributed by atoms with van der Waals surface area (Å²) in [6, 6.07) is 7.68. The Hall–Kier alpha value is -1.44. The van der Waals surface area contributed by atoms with Crippen molar-refractivity contribution in [3.63, 3.8) is 0 Å². The van der Waals surface area contributed by atoms with E-state index in [1.807, 2.05) is 6.92 Å². The second-order valence-corrected chi connectivity index (χ2v) is 7.57. The summed E-state index contributed by atoms with van der Waals surface area (Å²) in [7, 11) is -3.87. The largest absolute Gasteiger partial charge is 0.462 e.